The standard InChI is InChI=1S/C6H14.2BrH.Mg/c1-5-6(2,3)4;;;/h5H2,1-4H3;2*1H;/q;;;+2/p-2. The van der Waals surface area contributed by atoms with Crippen LogP contribution in [0.5, 0.6) is 0 Å². The molecule has 0 spiro atoms. The number of hydrogen-bond donors (Lipinski definition) is 0. The SMILES string of the molecule is CCC(C)(C)C.[Br-].[Br-].[Mg+2]. The van der Waals surface area contributed by atoms with Gasteiger partial charge in [0.15, 0.2) is 0 Å². The molecule has 0 amide bonds. The third-order valence-corrected chi connectivity index (χ3v) is 1.06. The van der Waals surface area contributed by atoms with Gasteiger partial charge in [0.05, 0.1) is 0 Å². The summed E-state index contributed by atoms with van der Waals surface area (Å²) in [4.78, 5) is 0. The fourth-order valence-corrected chi connectivity index (χ4v) is 0. The zero-order chi connectivity index (χ0) is 5.21. The smallest absolute Gasteiger partial charge is 1.00 e. The first-order chi connectivity index (χ1) is 2.56. The summed E-state index contributed by atoms with van der Waals surface area (Å²) in [6.07, 6.45) is 1.27. The third-order valence-electron chi connectivity index (χ3n) is 1.06. The number of rotatable bonds is 0. The summed E-state index contributed by atoms with van der Waals surface area (Å²) in [5, 5.41) is 0. The van der Waals surface area contributed by atoms with Gasteiger partial charge in [-0.2, -0.15) is 0 Å². The fraction of sp³-hybridized carbons (Fsp3) is 1.00. The molecule has 54 valence electrons. The predicted octanol–water partition coefficient (Wildman–Crippen LogP) is -3.93. The first kappa shape index (κ1) is 22.4. The van der Waals surface area contributed by atoms with Crippen LogP contribution < -0.4 is 34.0 Å². The minimum Gasteiger partial charge on any atom is -1.00 e. The monoisotopic (exact) mass is 268 g/mol. The van der Waals surface area contributed by atoms with Gasteiger partial charge >= 0.3 is 23.1 Å². The molecule has 0 aliphatic rings. The van der Waals surface area contributed by atoms with Crippen LogP contribution in [0.4, 0.5) is 0 Å². The molecule has 0 aliphatic heterocycles. The minimum absolute atomic E-state index is 0. The molecule has 3 heteroatoms. The van der Waals surface area contributed by atoms with Gasteiger partial charge in [-0.05, 0) is 5.41 Å². The molecule has 0 N–H and O–H groups in total. The molecule has 0 saturated heterocycles. The van der Waals surface area contributed by atoms with E-state index in [4.69, 9.17) is 0 Å². The van der Waals surface area contributed by atoms with Gasteiger partial charge in [-0.1, -0.05) is 34.1 Å². The molecule has 0 heterocycles. The Labute approximate surface area is 95.9 Å². The van der Waals surface area contributed by atoms with Crippen molar-refractivity contribution in [3.05, 3.63) is 0 Å². The van der Waals surface area contributed by atoms with E-state index in [1.807, 2.05) is 0 Å². The van der Waals surface area contributed by atoms with E-state index in [9.17, 15) is 0 Å². The molecule has 0 radical (unpaired) electrons. The van der Waals surface area contributed by atoms with Crippen LogP contribution in [0, 0.1) is 5.41 Å². The Hall–Kier alpha value is 1.73. The van der Waals surface area contributed by atoms with Crippen molar-refractivity contribution in [2.75, 3.05) is 0 Å². The van der Waals surface area contributed by atoms with Crippen LogP contribution in [0.15, 0.2) is 0 Å². The molecule has 9 heavy (non-hydrogen) atoms. The molecule has 0 aromatic rings. The Bertz CT molecular complexity index is 40.8. The van der Waals surface area contributed by atoms with Crippen molar-refractivity contribution in [2.45, 2.75) is 34.1 Å². The van der Waals surface area contributed by atoms with Gasteiger partial charge in [-0.3, -0.25) is 0 Å². The predicted molar refractivity (Wildman–Crippen MR) is 35.5 cm³/mol. The topological polar surface area (TPSA) is 0 Å². The van der Waals surface area contributed by atoms with E-state index in [0.29, 0.717) is 5.41 Å². The Morgan fingerprint density at radius 2 is 1.11 bits per heavy atom. The molecule has 0 aliphatic carbocycles. The molecular weight excluding hydrogens is 256 g/mol. The van der Waals surface area contributed by atoms with Crippen LogP contribution in [0.3, 0.4) is 0 Å². The van der Waals surface area contributed by atoms with Gasteiger partial charge in [-0.25, -0.2) is 0 Å². The van der Waals surface area contributed by atoms with Crippen LogP contribution >= 0.6 is 0 Å². The summed E-state index contributed by atoms with van der Waals surface area (Å²) >= 11 is 0. The number of halogens is 2. The Balaban J connectivity index is -0.0000000417. The Morgan fingerprint density at radius 1 is 1.00 bits per heavy atom. The van der Waals surface area contributed by atoms with Gasteiger partial charge in [0.25, 0.3) is 0 Å². The van der Waals surface area contributed by atoms with Gasteiger partial charge in [0, 0.05) is 0 Å². The van der Waals surface area contributed by atoms with Crippen molar-refractivity contribution in [3.63, 3.8) is 0 Å². The summed E-state index contributed by atoms with van der Waals surface area (Å²) in [5.41, 5.74) is 0.542. The fourth-order valence-electron chi connectivity index (χ4n) is 0. The summed E-state index contributed by atoms with van der Waals surface area (Å²) in [6, 6.07) is 0. The first-order valence-corrected chi connectivity index (χ1v) is 2.56. The van der Waals surface area contributed by atoms with Crippen molar-refractivity contribution in [1.82, 2.24) is 0 Å². The summed E-state index contributed by atoms with van der Waals surface area (Å²) in [7, 11) is 0. The van der Waals surface area contributed by atoms with Gasteiger partial charge in [-0.15, -0.1) is 0 Å². The maximum Gasteiger partial charge on any atom is 2.00 e. The second kappa shape index (κ2) is 9.73. The molecular formula is C6H14Br2Mg. The average molecular weight is 270 g/mol. The normalized spacial score (nSPS) is 8.00. The van der Waals surface area contributed by atoms with Gasteiger partial charge in [0.1, 0.15) is 0 Å². The minimum atomic E-state index is 0. The van der Waals surface area contributed by atoms with E-state index < -0.39 is 0 Å². The molecule has 0 aromatic carbocycles. The molecule has 0 nitrogen and oxygen atoms in total. The van der Waals surface area contributed by atoms with Gasteiger partial charge in [0.2, 0.25) is 0 Å². The largest absolute Gasteiger partial charge is 2.00 e. The van der Waals surface area contributed by atoms with Crippen LogP contribution in [0.2, 0.25) is 0 Å². The van der Waals surface area contributed by atoms with Crippen LogP contribution in [-0.2, 0) is 0 Å². The third kappa shape index (κ3) is 26.0. The maximum absolute atomic E-state index is 2.24. The van der Waals surface area contributed by atoms with Crippen molar-refractivity contribution in [2.24, 2.45) is 5.41 Å². The summed E-state index contributed by atoms with van der Waals surface area (Å²) < 4.78 is 0. The van der Waals surface area contributed by atoms with Crippen molar-refractivity contribution >= 4 is 23.1 Å². The van der Waals surface area contributed by atoms with Crippen LogP contribution in [0.1, 0.15) is 34.1 Å². The van der Waals surface area contributed by atoms with Crippen molar-refractivity contribution in [1.29, 1.82) is 0 Å². The second-order valence-electron chi connectivity index (χ2n) is 2.91. The molecule has 0 rings (SSSR count). The molecule has 0 fully saturated rings. The quantitative estimate of drug-likeness (QED) is 0.395. The Kier molecular flexibility index (Phi) is 24.2. The van der Waals surface area contributed by atoms with E-state index >= 15 is 0 Å². The molecule has 0 bridgehead atoms. The van der Waals surface area contributed by atoms with Crippen LogP contribution in [0.25, 0.3) is 0 Å². The van der Waals surface area contributed by atoms with Crippen molar-refractivity contribution < 1.29 is 34.0 Å². The number of hydrogen-bond acceptors (Lipinski definition) is 0. The zero-order valence-corrected chi connectivity index (χ0v) is 11.3. The van der Waals surface area contributed by atoms with Crippen LogP contribution in [-0.4, -0.2) is 23.1 Å². The maximum atomic E-state index is 2.24. The van der Waals surface area contributed by atoms with Gasteiger partial charge < -0.3 is 34.0 Å². The summed E-state index contributed by atoms with van der Waals surface area (Å²) in [6.45, 7) is 8.94. The molecule has 0 unspecified atom stereocenters. The van der Waals surface area contributed by atoms with E-state index in [2.05, 4.69) is 27.7 Å². The summed E-state index contributed by atoms with van der Waals surface area (Å²) in [5.74, 6) is 0. The Morgan fingerprint density at radius 3 is 1.11 bits per heavy atom. The second-order valence-corrected chi connectivity index (χ2v) is 2.91. The van der Waals surface area contributed by atoms with E-state index in [1.54, 1.807) is 0 Å². The average Bonchev–Trinajstić information content (AvgIpc) is 1.35. The van der Waals surface area contributed by atoms with Crippen molar-refractivity contribution in [3.8, 4) is 0 Å². The van der Waals surface area contributed by atoms with E-state index in [0.717, 1.165) is 0 Å². The van der Waals surface area contributed by atoms with E-state index in [-0.39, 0.29) is 57.0 Å². The molecule has 0 saturated carbocycles. The zero-order valence-electron chi connectivity index (χ0n) is 6.67. The first-order valence-electron chi connectivity index (χ1n) is 2.56. The molecule has 0 aromatic heterocycles. The van der Waals surface area contributed by atoms with E-state index in [1.165, 1.54) is 6.42 Å². The molecule has 0 atom stereocenters.